The molecule has 5 nitrogen and oxygen atoms in total. The molecule has 5 aromatic rings. The average Bonchev–Trinajstić information content (AvgIpc) is 2.98. The highest BCUT2D eigenvalue weighted by Gasteiger charge is 2.30. The van der Waals surface area contributed by atoms with Crippen LogP contribution in [0, 0.1) is 10.8 Å². The van der Waals surface area contributed by atoms with Gasteiger partial charge < -0.3 is 15.5 Å². The molecule has 1 aliphatic heterocycles. The number of hydrogen-bond donors (Lipinski definition) is 3. The number of rotatable bonds is 2. The number of anilines is 6. The number of nitrogens with two attached hydrogens (primary N) is 1. The fourth-order valence-electron chi connectivity index (χ4n) is 5.00. The topological polar surface area (TPSA) is 80.2 Å². The second-order valence-electron chi connectivity index (χ2n) is 9.28. The molecule has 0 unspecified atom stereocenters. The lowest BCUT2D eigenvalue weighted by molar-refractivity contribution is 1.13. The molecule has 0 spiro atoms. The van der Waals surface area contributed by atoms with Crippen LogP contribution in [-0.2, 0) is 0 Å². The quantitative estimate of drug-likeness (QED) is 0.166. The highest BCUT2D eigenvalue weighted by Crippen LogP contribution is 2.52. The summed E-state index contributed by atoms with van der Waals surface area (Å²) in [6.45, 7) is 0. The van der Waals surface area contributed by atoms with Gasteiger partial charge in [0.15, 0.2) is 0 Å². The zero-order chi connectivity index (χ0) is 26.8. The van der Waals surface area contributed by atoms with Gasteiger partial charge >= 0.3 is 0 Å². The first-order chi connectivity index (χ1) is 19.1. The van der Waals surface area contributed by atoms with Crippen molar-refractivity contribution < 1.29 is 0 Å². The van der Waals surface area contributed by atoms with Crippen molar-refractivity contribution in [3.63, 3.8) is 0 Å². The Balaban J connectivity index is 0.000000210. The maximum atomic E-state index is 8.10. The molecular weight excluding hydrogens is 478 g/mol. The van der Waals surface area contributed by atoms with Crippen molar-refractivity contribution in [3.05, 3.63) is 145 Å². The van der Waals surface area contributed by atoms with Crippen molar-refractivity contribution in [2.24, 2.45) is 0 Å². The molecule has 0 atom stereocenters. The van der Waals surface area contributed by atoms with E-state index in [4.69, 9.17) is 16.6 Å². The Morgan fingerprint density at radius 3 is 1.64 bits per heavy atom. The standard InChI is InChI=1S/C24H18N4.C10H9N/c25-19-15-14-18(16-20(19)26)28-23-12-6-4-10-21(23)27(17-8-2-1-3-9-17)22-11-5-7-13-24(22)28;11-10-7-3-5-8-4-1-2-6-9(8)10/h1-16,25-26H;1-7H,11H2. The Labute approximate surface area is 227 Å². The van der Waals surface area contributed by atoms with E-state index in [1.54, 1.807) is 12.2 Å². The van der Waals surface area contributed by atoms with Gasteiger partial charge in [0, 0.05) is 22.5 Å². The number of fused-ring (bicyclic) bond motifs is 3. The molecule has 5 aromatic carbocycles. The van der Waals surface area contributed by atoms with Gasteiger partial charge in [0.2, 0.25) is 0 Å². The van der Waals surface area contributed by atoms with Gasteiger partial charge in [0.05, 0.1) is 34.2 Å². The van der Waals surface area contributed by atoms with Crippen LogP contribution in [0.5, 0.6) is 0 Å². The van der Waals surface area contributed by atoms with Crippen molar-refractivity contribution >= 4 is 56.3 Å². The van der Waals surface area contributed by atoms with E-state index in [-0.39, 0.29) is 11.4 Å². The van der Waals surface area contributed by atoms with Crippen LogP contribution in [0.3, 0.4) is 0 Å². The molecule has 5 heteroatoms. The average molecular weight is 506 g/mol. The van der Waals surface area contributed by atoms with Crippen molar-refractivity contribution in [1.82, 2.24) is 0 Å². The minimum Gasteiger partial charge on any atom is -0.398 e. The van der Waals surface area contributed by atoms with Crippen LogP contribution in [-0.4, -0.2) is 11.4 Å². The summed E-state index contributed by atoms with van der Waals surface area (Å²) in [5.41, 5.74) is 13.3. The van der Waals surface area contributed by atoms with Gasteiger partial charge in [-0.2, -0.15) is 0 Å². The van der Waals surface area contributed by atoms with E-state index in [2.05, 4.69) is 58.3 Å². The molecule has 188 valence electrons. The second kappa shape index (κ2) is 10.1. The summed E-state index contributed by atoms with van der Waals surface area (Å²) in [6.07, 6.45) is 5.35. The normalized spacial score (nSPS) is 13.8. The van der Waals surface area contributed by atoms with Crippen molar-refractivity contribution in [2.45, 2.75) is 0 Å². The number of nitrogens with one attached hydrogen (secondary N) is 2. The third-order valence-corrected chi connectivity index (χ3v) is 6.83. The largest absolute Gasteiger partial charge is 0.398 e. The van der Waals surface area contributed by atoms with E-state index >= 15 is 0 Å². The van der Waals surface area contributed by atoms with Crippen LogP contribution < -0.4 is 15.5 Å². The summed E-state index contributed by atoms with van der Waals surface area (Å²) in [7, 11) is 0. The Morgan fingerprint density at radius 1 is 0.487 bits per heavy atom. The third-order valence-electron chi connectivity index (χ3n) is 6.83. The molecule has 0 bridgehead atoms. The minimum absolute atomic E-state index is 0.220. The van der Waals surface area contributed by atoms with Gasteiger partial charge in [0.1, 0.15) is 0 Å². The Hall–Kier alpha value is -5.42. The van der Waals surface area contributed by atoms with Gasteiger partial charge in [-0.3, -0.25) is 10.8 Å². The summed E-state index contributed by atoms with van der Waals surface area (Å²) < 4.78 is 0. The third kappa shape index (κ3) is 4.47. The van der Waals surface area contributed by atoms with E-state index < -0.39 is 0 Å². The van der Waals surface area contributed by atoms with E-state index in [9.17, 15) is 0 Å². The minimum atomic E-state index is 0.220. The molecule has 0 radical (unpaired) electrons. The Kier molecular flexibility index (Phi) is 6.23. The predicted octanol–water partition coefficient (Wildman–Crippen LogP) is 8.52. The zero-order valence-electron chi connectivity index (χ0n) is 21.3. The molecule has 4 N–H and O–H groups in total. The van der Waals surface area contributed by atoms with Gasteiger partial charge in [-0.25, -0.2) is 0 Å². The smallest absolute Gasteiger partial charge is 0.0810 e. The maximum absolute atomic E-state index is 8.10. The first kappa shape index (κ1) is 23.9. The van der Waals surface area contributed by atoms with E-state index in [0.717, 1.165) is 45.2 Å². The Bertz CT molecular complexity index is 1710. The highest BCUT2D eigenvalue weighted by molar-refractivity contribution is 6.49. The van der Waals surface area contributed by atoms with Crippen LogP contribution >= 0.6 is 0 Å². The van der Waals surface area contributed by atoms with Crippen molar-refractivity contribution in [3.8, 4) is 0 Å². The number of para-hydroxylation sites is 5. The first-order valence-corrected chi connectivity index (χ1v) is 12.8. The molecule has 39 heavy (non-hydrogen) atoms. The SMILES string of the molecule is N=C1C=CC(N2c3ccccc3N(c3ccccc3)c3ccccc32)=CC1=N.Nc1cccc2ccccc12. The molecule has 0 saturated heterocycles. The van der Waals surface area contributed by atoms with Crippen LogP contribution in [0.15, 0.2) is 145 Å². The van der Waals surface area contributed by atoms with Gasteiger partial charge in [0.25, 0.3) is 0 Å². The number of hydrogen-bond acceptors (Lipinski definition) is 5. The summed E-state index contributed by atoms with van der Waals surface area (Å²) in [6, 6.07) is 41.0. The van der Waals surface area contributed by atoms with Crippen LogP contribution in [0.4, 0.5) is 34.1 Å². The molecule has 0 saturated carbocycles. The van der Waals surface area contributed by atoms with Crippen LogP contribution in [0.25, 0.3) is 10.8 Å². The molecule has 1 heterocycles. The van der Waals surface area contributed by atoms with Crippen LogP contribution in [0.2, 0.25) is 0 Å². The fourth-order valence-corrected chi connectivity index (χ4v) is 5.00. The molecule has 7 rings (SSSR count). The van der Waals surface area contributed by atoms with E-state index in [1.165, 1.54) is 5.39 Å². The van der Waals surface area contributed by atoms with E-state index in [0.29, 0.717) is 0 Å². The number of benzene rings is 5. The fraction of sp³-hybridized carbons (Fsp3) is 0. The van der Waals surface area contributed by atoms with E-state index in [1.807, 2.05) is 78.9 Å². The number of nitrogens with zero attached hydrogens (tertiary/aromatic N) is 2. The summed E-state index contributed by atoms with van der Waals surface area (Å²) >= 11 is 0. The molecule has 0 aromatic heterocycles. The van der Waals surface area contributed by atoms with Gasteiger partial charge in [-0.05, 0) is 66.1 Å². The molecule has 1 aliphatic carbocycles. The lowest BCUT2D eigenvalue weighted by Gasteiger charge is -2.41. The molecule has 0 amide bonds. The summed E-state index contributed by atoms with van der Waals surface area (Å²) in [5, 5.41) is 18.3. The van der Waals surface area contributed by atoms with Crippen molar-refractivity contribution in [2.75, 3.05) is 15.5 Å². The molecule has 2 aliphatic rings. The van der Waals surface area contributed by atoms with Crippen LogP contribution in [0.1, 0.15) is 0 Å². The van der Waals surface area contributed by atoms with Gasteiger partial charge in [-0.1, -0.05) is 78.9 Å². The lowest BCUT2D eigenvalue weighted by Crippen LogP contribution is -2.28. The Morgan fingerprint density at radius 2 is 1.03 bits per heavy atom. The maximum Gasteiger partial charge on any atom is 0.0810 e. The molecule has 0 fully saturated rings. The zero-order valence-corrected chi connectivity index (χ0v) is 21.3. The predicted molar refractivity (Wildman–Crippen MR) is 164 cm³/mol. The summed E-state index contributed by atoms with van der Waals surface area (Å²) in [4.78, 5) is 4.43. The second-order valence-corrected chi connectivity index (χ2v) is 9.28. The molecular formula is C34H27N5. The lowest BCUT2D eigenvalue weighted by atomic mass is 10.0. The highest BCUT2D eigenvalue weighted by atomic mass is 15.3. The monoisotopic (exact) mass is 505 g/mol. The number of allylic oxidation sites excluding steroid dienone is 3. The van der Waals surface area contributed by atoms with Crippen molar-refractivity contribution in [1.29, 1.82) is 10.8 Å². The number of nitrogen functional groups attached to an aromatic ring is 1. The van der Waals surface area contributed by atoms with Gasteiger partial charge in [-0.15, -0.1) is 0 Å². The first-order valence-electron chi connectivity index (χ1n) is 12.8. The summed E-state index contributed by atoms with van der Waals surface area (Å²) in [5.74, 6) is 0.